The van der Waals surface area contributed by atoms with Crippen molar-refractivity contribution >= 4 is 11.3 Å². The van der Waals surface area contributed by atoms with Gasteiger partial charge in [-0.3, -0.25) is 0 Å². The van der Waals surface area contributed by atoms with Gasteiger partial charge in [-0.2, -0.15) is 0 Å². The molecule has 4 heteroatoms. The zero-order valence-corrected chi connectivity index (χ0v) is 8.95. The first-order valence-corrected chi connectivity index (χ1v) is 5.90. The van der Waals surface area contributed by atoms with E-state index in [1.165, 1.54) is 24.2 Å². The fourth-order valence-electron chi connectivity index (χ4n) is 1.85. The van der Waals surface area contributed by atoms with Gasteiger partial charge in [0.05, 0.1) is 9.88 Å². The largest absolute Gasteiger partial charge is 0.316 e. The molecule has 0 amide bonds. The molecule has 0 bridgehead atoms. The van der Waals surface area contributed by atoms with E-state index in [4.69, 9.17) is 0 Å². The molecule has 2 heterocycles. The zero-order chi connectivity index (χ0) is 9.80. The van der Waals surface area contributed by atoms with Crippen molar-refractivity contribution in [1.82, 2.24) is 10.3 Å². The van der Waals surface area contributed by atoms with Crippen LogP contribution in [0.3, 0.4) is 0 Å². The summed E-state index contributed by atoms with van der Waals surface area (Å²) in [5.41, 5.74) is 0. The van der Waals surface area contributed by atoms with Crippen LogP contribution in [0.4, 0.5) is 4.39 Å². The number of rotatable bonds is 3. The summed E-state index contributed by atoms with van der Waals surface area (Å²) in [5, 5.41) is 4.47. The second-order valence-electron chi connectivity index (χ2n) is 3.77. The van der Waals surface area contributed by atoms with Gasteiger partial charge in [0.15, 0.2) is 0 Å². The Balaban J connectivity index is 1.89. The van der Waals surface area contributed by atoms with Gasteiger partial charge < -0.3 is 5.32 Å². The average molecular weight is 214 g/mol. The molecule has 0 aromatic carbocycles. The van der Waals surface area contributed by atoms with Crippen molar-refractivity contribution in [3.8, 4) is 0 Å². The molecular weight excluding hydrogens is 199 g/mol. The Bertz CT molecular complexity index is 281. The molecule has 1 aromatic heterocycles. The van der Waals surface area contributed by atoms with E-state index in [-0.39, 0.29) is 6.67 Å². The standard InChI is InChI=1S/C10H15FN2S/c11-5-9-7-13-10(14-9)4-8-2-1-3-12-6-8/h7-8,12H,1-6H2. The van der Waals surface area contributed by atoms with Gasteiger partial charge in [0, 0.05) is 12.6 Å². The van der Waals surface area contributed by atoms with Gasteiger partial charge in [0.2, 0.25) is 0 Å². The number of piperidine rings is 1. The highest BCUT2D eigenvalue weighted by molar-refractivity contribution is 7.11. The van der Waals surface area contributed by atoms with E-state index in [1.807, 2.05) is 0 Å². The van der Waals surface area contributed by atoms with E-state index in [0.29, 0.717) is 5.92 Å². The minimum atomic E-state index is -0.374. The lowest BCUT2D eigenvalue weighted by Crippen LogP contribution is -2.30. The van der Waals surface area contributed by atoms with E-state index in [9.17, 15) is 4.39 Å². The van der Waals surface area contributed by atoms with E-state index in [1.54, 1.807) is 6.20 Å². The van der Waals surface area contributed by atoms with Gasteiger partial charge in [-0.05, 0) is 31.8 Å². The van der Waals surface area contributed by atoms with E-state index in [2.05, 4.69) is 10.3 Å². The number of hydrogen-bond donors (Lipinski definition) is 1. The van der Waals surface area contributed by atoms with E-state index < -0.39 is 0 Å². The number of nitrogens with zero attached hydrogens (tertiary/aromatic N) is 1. The third-order valence-electron chi connectivity index (χ3n) is 2.60. The van der Waals surface area contributed by atoms with Gasteiger partial charge in [0.25, 0.3) is 0 Å². The maximum Gasteiger partial charge on any atom is 0.125 e. The van der Waals surface area contributed by atoms with Crippen molar-refractivity contribution in [2.75, 3.05) is 13.1 Å². The quantitative estimate of drug-likeness (QED) is 0.834. The van der Waals surface area contributed by atoms with Gasteiger partial charge >= 0.3 is 0 Å². The van der Waals surface area contributed by atoms with Crippen LogP contribution >= 0.6 is 11.3 Å². The summed E-state index contributed by atoms with van der Waals surface area (Å²) in [6, 6.07) is 0. The number of hydrogen-bond acceptors (Lipinski definition) is 3. The molecule has 0 aliphatic carbocycles. The topological polar surface area (TPSA) is 24.9 Å². The fourth-order valence-corrected chi connectivity index (χ4v) is 2.74. The minimum absolute atomic E-state index is 0.374. The van der Waals surface area contributed by atoms with Gasteiger partial charge in [-0.15, -0.1) is 11.3 Å². The number of aromatic nitrogens is 1. The zero-order valence-electron chi connectivity index (χ0n) is 8.13. The number of thiazole rings is 1. The smallest absolute Gasteiger partial charge is 0.125 e. The van der Waals surface area contributed by atoms with Gasteiger partial charge in [0.1, 0.15) is 6.67 Å². The number of alkyl halides is 1. The van der Waals surface area contributed by atoms with E-state index in [0.717, 1.165) is 29.4 Å². The van der Waals surface area contributed by atoms with E-state index >= 15 is 0 Å². The Hall–Kier alpha value is -0.480. The molecule has 1 N–H and O–H groups in total. The summed E-state index contributed by atoms with van der Waals surface area (Å²) < 4.78 is 12.3. The van der Waals surface area contributed by atoms with Crippen LogP contribution in [0.25, 0.3) is 0 Å². The van der Waals surface area contributed by atoms with Crippen LogP contribution in [0.1, 0.15) is 22.7 Å². The van der Waals surface area contributed by atoms with Crippen molar-refractivity contribution in [3.63, 3.8) is 0 Å². The molecule has 1 atom stereocenters. The first-order valence-electron chi connectivity index (χ1n) is 5.08. The second kappa shape index (κ2) is 4.84. The second-order valence-corrected chi connectivity index (χ2v) is 4.97. The Morgan fingerprint density at radius 2 is 2.57 bits per heavy atom. The molecule has 0 radical (unpaired) electrons. The Morgan fingerprint density at radius 1 is 1.64 bits per heavy atom. The molecule has 1 aromatic rings. The van der Waals surface area contributed by atoms with Crippen molar-refractivity contribution < 1.29 is 4.39 Å². The summed E-state index contributed by atoms with van der Waals surface area (Å²) in [4.78, 5) is 4.99. The van der Waals surface area contributed by atoms with Crippen LogP contribution in [-0.4, -0.2) is 18.1 Å². The molecule has 2 nitrogen and oxygen atoms in total. The van der Waals surface area contributed by atoms with Crippen LogP contribution < -0.4 is 5.32 Å². The molecule has 1 unspecified atom stereocenters. The maximum atomic E-state index is 12.3. The fraction of sp³-hybridized carbons (Fsp3) is 0.700. The molecule has 2 rings (SSSR count). The molecule has 1 aliphatic heterocycles. The predicted molar refractivity (Wildman–Crippen MR) is 56.2 cm³/mol. The lowest BCUT2D eigenvalue weighted by atomic mass is 9.97. The molecule has 78 valence electrons. The highest BCUT2D eigenvalue weighted by Crippen LogP contribution is 2.20. The van der Waals surface area contributed by atoms with Crippen LogP contribution in [0.2, 0.25) is 0 Å². The SMILES string of the molecule is FCc1cnc(CC2CCCNC2)s1. The van der Waals surface area contributed by atoms with Crippen molar-refractivity contribution in [2.45, 2.75) is 25.9 Å². The molecule has 1 saturated heterocycles. The monoisotopic (exact) mass is 214 g/mol. The van der Waals surface area contributed by atoms with Crippen LogP contribution in [0.5, 0.6) is 0 Å². The first-order chi connectivity index (χ1) is 6.88. The Kier molecular flexibility index (Phi) is 3.48. The molecule has 14 heavy (non-hydrogen) atoms. The molecule has 1 fully saturated rings. The highest BCUT2D eigenvalue weighted by atomic mass is 32.1. The lowest BCUT2D eigenvalue weighted by Gasteiger charge is -2.21. The molecular formula is C10H15FN2S. The minimum Gasteiger partial charge on any atom is -0.316 e. The number of nitrogens with one attached hydrogen (secondary N) is 1. The number of halogens is 1. The Labute approximate surface area is 87.6 Å². The molecule has 0 spiro atoms. The summed E-state index contributed by atoms with van der Waals surface area (Å²) in [7, 11) is 0. The molecule has 1 aliphatic rings. The van der Waals surface area contributed by atoms with Crippen LogP contribution in [0.15, 0.2) is 6.20 Å². The van der Waals surface area contributed by atoms with Gasteiger partial charge in [-0.1, -0.05) is 0 Å². The normalized spacial score (nSPS) is 22.5. The van der Waals surface area contributed by atoms with Crippen LogP contribution in [0, 0.1) is 5.92 Å². The van der Waals surface area contributed by atoms with Gasteiger partial charge in [-0.25, -0.2) is 9.37 Å². The predicted octanol–water partition coefficient (Wildman–Crippen LogP) is 2.15. The highest BCUT2D eigenvalue weighted by Gasteiger charge is 2.15. The van der Waals surface area contributed by atoms with Crippen molar-refractivity contribution in [1.29, 1.82) is 0 Å². The summed E-state index contributed by atoms with van der Waals surface area (Å²) in [6.45, 7) is 1.86. The summed E-state index contributed by atoms with van der Waals surface area (Å²) >= 11 is 1.51. The molecule has 0 saturated carbocycles. The van der Waals surface area contributed by atoms with Crippen LogP contribution in [-0.2, 0) is 13.1 Å². The maximum absolute atomic E-state index is 12.3. The lowest BCUT2D eigenvalue weighted by molar-refractivity contribution is 0.376. The third kappa shape index (κ3) is 2.51. The average Bonchev–Trinajstić information content (AvgIpc) is 2.67. The summed E-state index contributed by atoms with van der Waals surface area (Å²) in [6.07, 6.45) is 5.21. The Morgan fingerprint density at radius 3 is 3.21 bits per heavy atom. The third-order valence-corrected chi connectivity index (χ3v) is 3.58. The van der Waals surface area contributed by atoms with Crippen molar-refractivity contribution in [3.05, 3.63) is 16.1 Å². The first kappa shape index (κ1) is 10.1. The van der Waals surface area contributed by atoms with Crippen molar-refractivity contribution in [2.24, 2.45) is 5.92 Å². The summed E-state index contributed by atoms with van der Waals surface area (Å²) in [5.74, 6) is 0.697.